The first-order valence-electron chi connectivity index (χ1n) is 7.71. The van der Waals surface area contributed by atoms with Crippen molar-refractivity contribution in [2.24, 2.45) is 0 Å². The molecule has 3 heteroatoms. The summed E-state index contributed by atoms with van der Waals surface area (Å²) in [5.41, 5.74) is 2.96. The molecule has 0 amide bonds. The summed E-state index contributed by atoms with van der Waals surface area (Å²) >= 11 is 3.61. The van der Waals surface area contributed by atoms with Crippen LogP contribution < -0.4 is 10.2 Å². The molecule has 0 atom stereocenters. The molecule has 0 heterocycles. The van der Waals surface area contributed by atoms with Gasteiger partial charge in [0.1, 0.15) is 0 Å². The van der Waals surface area contributed by atoms with Gasteiger partial charge in [0.2, 0.25) is 0 Å². The third kappa shape index (κ3) is 4.49. The van der Waals surface area contributed by atoms with Gasteiger partial charge in [-0.2, -0.15) is 0 Å². The molecule has 0 saturated heterocycles. The van der Waals surface area contributed by atoms with Crippen molar-refractivity contribution in [3.8, 4) is 0 Å². The molecule has 1 aliphatic rings. The molecule has 20 heavy (non-hydrogen) atoms. The molecule has 1 saturated carbocycles. The summed E-state index contributed by atoms with van der Waals surface area (Å²) in [6.07, 6.45) is 3.91. The van der Waals surface area contributed by atoms with Crippen molar-refractivity contribution in [2.45, 2.75) is 65.1 Å². The van der Waals surface area contributed by atoms with Crippen molar-refractivity contribution in [2.75, 3.05) is 11.4 Å². The second kappa shape index (κ2) is 6.48. The highest BCUT2D eigenvalue weighted by atomic mass is 79.9. The topological polar surface area (TPSA) is 15.3 Å². The van der Waals surface area contributed by atoms with Crippen LogP contribution in [-0.4, -0.2) is 18.1 Å². The molecule has 0 unspecified atom stereocenters. The van der Waals surface area contributed by atoms with Crippen molar-refractivity contribution >= 4 is 21.6 Å². The average Bonchev–Trinajstić information content (AvgIpc) is 3.17. The lowest BCUT2D eigenvalue weighted by Crippen LogP contribution is -2.36. The minimum Gasteiger partial charge on any atom is -0.368 e. The van der Waals surface area contributed by atoms with E-state index < -0.39 is 0 Å². The SMILES string of the molecule is CCCN(c1ccc(Br)cc1CNC(C)(C)C)C1CC1. The number of anilines is 1. The van der Waals surface area contributed by atoms with Gasteiger partial charge in [-0.25, -0.2) is 0 Å². The molecule has 2 nitrogen and oxygen atoms in total. The van der Waals surface area contributed by atoms with Crippen LogP contribution >= 0.6 is 15.9 Å². The number of nitrogens with one attached hydrogen (secondary N) is 1. The molecule has 0 bridgehead atoms. The highest BCUT2D eigenvalue weighted by Crippen LogP contribution is 2.35. The maximum Gasteiger partial charge on any atom is 0.0415 e. The fourth-order valence-electron chi connectivity index (χ4n) is 2.46. The predicted molar refractivity (Wildman–Crippen MR) is 91.4 cm³/mol. The third-order valence-electron chi connectivity index (χ3n) is 3.61. The average molecular weight is 339 g/mol. The molecule has 1 fully saturated rings. The van der Waals surface area contributed by atoms with Gasteiger partial charge in [-0.15, -0.1) is 0 Å². The van der Waals surface area contributed by atoms with Crippen molar-refractivity contribution in [1.82, 2.24) is 5.32 Å². The highest BCUT2D eigenvalue weighted by molar-refractivity contribution is 9.10. The van der Waals surface area contributed by atoms with Crippen LogP contribution in [0, 0.1) is 0 Å². The fourth-order valence-corrected chi connectivity index (χ4v) is 2.87. The van der Waals surface area contributed by atoms with Crippen LogP contribution in [0.25, 0.3) is 0 Å². The largest absolute Gasteiger partial charge is 0.368 e. The Kier molecular flexibility index (Phi) is 5.14. The first-order valence-corrected chi connectivity index (χ1v) is 8.50. The molecule has 0 radical (unpaired) electrons. The van der Waals surface area contributed by atoms with E-state index in [1.54, 1.807) is 0 Å². The lowest BCUT2D eigenvalue weighted by atomic mass is 10.1. The van der Waals surface area contributed by atoms with Crippen LogP contribution in [0.3, 0.4) is 0 Å². The van der Waals surface area contributed by atoms with Crippen molar-refractivity contribution in [1.29, 1.82) is 0 Å². The van der Waals surface area contributed by atoms with E-state index in [1.807, 2.05) is 0 Å². The summed E-state index contributed by atoms with van der Waals surface area (Å²) in [6, 6.07) is 7.47. The van der Waals surface area contributed by atoms with Gasteiger partial charge < -0.3 is 10.2 Å². The number of halogens is 1. The second-order valence-corrected chi connectivity index (χ2v) is 7.72. The first kappa shape index (κ1) is 15.8. The fraction of sp³-hybridized carbons (Fsp3) is 0.647. The Bertz CT molecular complexity index is 447. The number of hydrogen-bond donors (Lipinski definition) is 1. The van der Waals surface area contributed by atoms with Crippen molar-refractivity contribution in [3.63, 3.8) is 0 Å². The van der Waals surface area contributed by atoms with E-state index in [-0.39, 0.29) is 5.54 Å². The minimum absolute atomic E-state index is 0.148. The predicted octanol–water partition coefficient (Wildman–Crippen LogP) is 4.72. The standard InChI is InChI=1S/C17H27BrN2/c1-5-10-20(15-7-8-15)16-9-6-14(18)11-13(16)12-19-17(2,3)4/h6,9,11,15,19H,5,7-8,10,12H2,1-4H3. The number of nitrogens with zero attached hydrogens (tertiary/aromatic N) is 1. The van der Waals surface area contributed by atoms with Crippen LogP contribution in [0.1, 0.15) is 52.5 Å². The van der Waals surface area contributed by atoms with Gasteiger partial charge in [-0.1, -0.05) is 22.9 Å². The van der Waals surface area contributed by atoms with E-state index in [9.17, 15) is 0 Å². The number of rotatable bonds is 6. The molecular weight excluding hydrogens is 312 g/mol. The van der Waals surface area contributed by atoms with Crippen LogP contribution in [-0.2, 0) is 6.54 Å². The quantitative estimate of drug-likeness (QED) is 0.807. The van der Waals surface area contributed by atoms with E-state index in [1.165, 1.54) is 35.0 Å². The summed E-state index contributed by atoms with van der Waals surface area (Å²) < 4.78 is 1.17. The van der Waals surface area contributed by atoms with Gasteiger partial charge in [0.25, 0.3) is 0 Å². The van der Waals surface area contributed by atoms with Gasteiger partial charge in [-0.3, -0.25) is 0 Å². The van der Waals surface area contributed by atoms with Gasteiger partial charge in [0.15, 0.2) is 0 Å². The Morgan fingerprint density at radius 2 is 2.00 bits per heavy atom. The first-order chi connectivity index (χ1) is 9.40. The Labute approximate surface area is 132 Å². The summed E-state index contributed by atoms with van der Waals surface area (Å²) in [5.74, 6) is 0. The van der Waals surface area contributed by atoms with Crippen LogP contribution in [0.15, 0.2) is 22.7 Å². The smallest absolute Gasteiger partial charge is 0.0415 e. The number of hydrogen-bond acceptors (Lipinski definition) is 2. The molecule has 1 aromatic carbocycles. The van der Waals surface area contributed by atoms with Crippen molar-refractivity contribution < 1.29 is 0 Å². The summed E-state index contributed by atoms with van der Waals surface area (Å²) in [6.45, 7) is 11.0. The van der Waals surface area contributed by atoms with Crippen molar-refractivity contribution in [3.05, 3.63) is 28.2 Å². The van der Waals surface area contributed by atoms with E-state index in [2.05, 4.69) is 72.0 Å². The van der Waals surface area contributed by atoms with Gasteiger partial charge >= 0.3 is 0 Å². The molecule has 112 valence electrons. The van der Waals surface area contributed by atoms with Crippen LogP contribution in [0.2, 0.25) is 0 Å². The summed E-state index contributed by atoms with van der Waals surface area (Å²) in [7, 11) is 0. The molecule has 1 aliphatic carbocycles. The van der Waals surface area contributed by atoms with Crippen LogP contribution in [0.5, 0.6) is 0 Å². The zero-order valence-electron chi connectivity index (χ0n) is 13.2. The van der Waals surface area contributed by atoms with Gasteiger partial charge in [0, 0.05) is 34.8 Å². The summed E-state index contributed by atoms with van der Waals surface area (Å²) in [5, 5.41) is 3.61. The van der Waals surface area contributed by atoms with E-state index in [0.29, 0.717) is 0 Å². The highest BCUT2D eigenvalue weighted by Gasteiger charge is 2.29. The second-order valence-electron chi connectivity index (χ2n) is 6.80. The van der Waals surface area contributed by atoms with Gasteiger partial charge in [0.05, 0.1) is 0 Å². The monoisotopic (exact) mass is 338 g/mol. The number of benzene rings is 1. The Hall–Kier alpha value is -0.540. The molecule has 0 aromatic heterocycles. The minimum atomic E-state index is 0.148. The molecular formula is C17H27BrN2. The third-order valence-corrected chi connectivity index (χ3v) is 4.11. The molecule has 1 N–H and O–H groups in total. The zero-order chi connectivity index (χ0) is 14.8. The molecule has 2 rings (SSSR count). The van der Waals surface area contributed by atoms with E-state index in [4.69, 9.17) is 0 Å². The van der Waals surface area contributed by atoms with Crippen LogP contribution in [0.4, 0.5) is 5.69 Å². The van der Waals surface area contributed by atoms with E-state index in [0.717, 1.165) is 19.1 Å². The lowest BCUT2D eigenvalue weighted by Gasteiger charge is -2.28. The zero-order valence-corrected chi connectivity index (χ0v) is 14.8. The maximum atomic E-state index is 3.61. The molecule has 1 aromatic rings. The van der Waals surface area contributed by atoms with Gasteiger partial charge in [-0.05, 0) is 63.8 Å². The Balaban J connectivity index is 2.21. The normalized spacial score (nSPS) is 15.4. The maximum absolute atomic E-state index is 3.61. The van der Waals surface area contributed by atoms with E-state index >= 15 is 0 Å². The Morgan fingerprint density at radius 1 is 1.30 bits per heavy atom. The summed E-state index contributed by atoms with van der Waals surface area (Å²) in [4.78, 5) is 2.60. The molecule has 0 spiro atoms. The Morgan fingerprint density at radius 3 is 2.55 bits per heavy atom. The lowest BCUT2D eigenvalue weighted by molar-refractivity contribution is 0.424. The molecule has 0 aliphatic heterocycles.